The van der Waals surface area contributed by atoms with Crippen LogP contribution in [0.25, 0.3) is 0 Å². The third-order valence-corrected chi connectivity index (χ3v) is 17.2. The van der Waals surface area contributed by atoms with Gasteiger partial charge in [-0.1, -0.05) is 316 Å². The SMILES string of the molecule is CC/C=C\C/C=C\C/C=C\C/C=C\C/C=C\CCCCCCCCCCCCC(O)C(=O)NC(COC1OC(CO)C(O)C(O)C1OC(=O)CCCCCCCCCCCCCC/C=C\C/C=C\C/C=C\CCCCC)C(O)/C=C/CCCCCCCCCCC. The Labute approximate surface area is 558 Å². The van der Waals surface area contributed by atoms with Crippen LogP contribution in [-0.2, 0) is 23.8 Å². The molecule has 0 bridgehead atoms. The smallest absolute Gasteiger partial charge is 0.306 e. The zero-order chi connectivity index (χ0) is 66.0. The van der Waals surface area contributed by atoms with Crippen LogP contribution in [0, 0.1) is 0 Å². The zero-order valence-corrected chi connectivity index (χ0v) is 58.4. The number of ether oxygens (including phenoxy) is 3. The Kier molecular flexibility index (Phi) is 62.2. The topological polar surface area (TPSA) is 175 Å². The Balaban J connectivity index is 2.52. The molecule has 0 saturated carbocycles. The van der Waals surface area contributed by atoms with E-state index in [1.165, 1.54) is 167 Å². The molecule has 1 rings (SSSR count). The molecule has 1 fully saturated rings. The summed E-state index contributed by atoms with van der Waals surface area (Å²) in [6.45, 7) is 5.67. The van der Waals surface area contributed by atoms with Crippen molar-refractivity contribution in [1.82, 2.24) is 5.32 Å². The van der Waals surface area contributed by atoms with Crippen molar-refractivity contribution in [2.24, 2.45) is 0 Å². The van der Waals surface area contributed by atoms with Gasteiger partial charge in [0.25, 0.3) is 0 Å². The fraction of sp³-hybridized carbons (Fsp3) is 0.750. The summed E-state index contributed by atoms with van der Waals surface area (Å²) in [6, 6.07) is -1.03. The molecule has 11 heteroatoms. The quantitative estimate of drug-likeness (QED) is 0.0195. The van der Waals surface area contributed by atoms with Crippen LogP contribution in [0.5, 0.6) is 0 Å². The van der Waals surface area contributed by atoms with E-state index in [-0.39, 0.29) is 19.4 Å². The molecule has 524 valence electrons. The van der Waals surface area contributed by atoms with Gasteiger partial charge in [-0.15, -0.1) is 0 Å². The summed E-state index contributed by atoms with van der Waals surface area (Å²) >= 11 is 0. The number of hydrogen-bond acceptors (Lipinski definition) is 10. The Morgan fingerprint density at radius 1 is 0.440 bits per heavy atom. The minimum atomic E-state index is -1.62. The van der Waals surface area contributed by atoms with E-state index >= 15 is 0 Å². The molecule has 91 heavy (non-hydrogen) atoms. The largest absolute Gasteiger partial charge is 0.454 e. The Hall–Kier alpha value is -3.68. The molecule has 8 atom stereocenters. The lowest BCUT2D eigenvalue weighted by Gasteiger charge is -2.41. The summed E-state index contributed by atoms with van der Waals surface area (Å²) in [5.41, 5.74) is 0. The molecular weight excluding hydrogens is 1130 g/mol. The van der Waals surface area contributed by atoms with Gasteiger partial charge in [0.2, 0.25) is 5.91 Å². The second-order valence-electron chi connectivity index (χ2n) is 25.6. The minimum absolute atomic E-state index is 0.117. The number of carbonyl (C=O) groups is 2. The molecule has 8 unspecified atom stereocenters. The van der Waals surface area contributed by atoms with Crippen LogP contribution >= 0.6 is 0 Å². The zero-order valence-electron chi connectivity index (χ0n) is 58.4. The molecule has 11 nitrogen and oxygen atoms in total. The molecule has 1 aliphatic rings. The van der Waals surface area contributed by atoms with Gasteiger partial charge in [-0.3, -0.25) is 9.59 Å². The van der Waals surface area contributed by atoms with Gasteiger partial charge in [0, 0.05) is 6.42 Å². The van der Waals surface area contributed by atoms with Gasteiger partial charge >= 0.3 is 5.97 Å². The van der Waals surface area contributed by atoms with Gasteiger partial charge in [0.05, 0.1) is 25.4 Å². The van der Waals surface area contributed by atoms with Gasteiger partial charge in [0.1, 0.15) is 24.4 Å². The third kappa shape index (κ3) is 53.3. The second-order valence-corrected chi connectivity index (χ2v) is 25.6. The fourth-order valence-electron chi connectivity index (χ4n) is 11.3. The van der Waals surface area contributed by atoms with Crippen LogP contribution < -0.4 is 5.32 Å². The standard InChI is InChI=1S/C80H139NO10/c1-4-7-10-13-16-19-22-24-26-28-30-32-34-36-38-39-41-43-45-47-49-52-55-58-61-64-67-73(84)79(88)81-71(72(83)66-63-60-57-54-51-21-18-15-12-9-6-3)70-89-80-78(77(87)76(86)74(69-82)90-80)91-75(85)68-65-62-59-56-53-50-48-46-44-42-40-37-35-33-31-29-27-25-23-20-17-14-11-8-5-2/h7,10,16-17,19-20,24-27,30-33,36,38,63,66,71-74,76-78,80,82-84,86-87H,4-6,8-9,11-15,18,21-23,28-29,34-35,37,39-62,64-65,67-70H2,1-3H3,(H,81,88)/b10-7-,19-16-,20-17-,26-24-,27-25-,32-30-,33-31-,38-36-,66-63+. The van der Waals surface area contributed by atoms with Crippen molar-refractivity contribution in [1.29, 1.82) is 0 Å². The highest BCUT2D eigenvalue weighted by molar-refractivity contribution is 5.80. The summed E-state index contributed by atoms with van der Waals surface area (Å²) < 4.78 is 17.7. The maximum absolute atomic E-state index is 13.5. The van der Waals surface area contributed by atoms with Gasteiger partial charge in [-0.05, 0) is 109 Å². The van der Waals surface area contributed by atoms with Crippen LogP contribution in [0.15, 0.2) is 109 Å². The van der Waals surface area contributed by atoms with Crippen LogP contribution in [0.2, 0.25) is 0 Å². The summed E-state index contributed by atoms with van der Waals surface area (Å²) in [7, 11) is 0. The predicted octanol–water partition coefficient (Wildman–Crippen LogP) is 20.0. The number of aliphatic hydroxyl groups is 5. The molecule has 0 aliphatic carbocycles. The molecule has 0 spiro atoms. The van der Waals surface area contributed by atoms with Crippen LogP contribution in [-0.4, -0.2) is 99.6 Å². The van der Waals surface area contributed by atoms with Crippen molar-refractivity contribution in [3.63, 3.8) is 0 Å². The summed E-state index contributed by atoms with van der Waals surface area (Å²) in [5.74, 6) is -1.20. The fourth-order valence-corrected chi connectivity index (χ4v) is 11.3. The van der Waals surface area contributed by atoms with Gasteiger partial charge in [0.15, 0.2) is 12.4 Å². The third-order valence-electron chi connectivity index (χ3n) is 17.2. The van der Waals surface area contributed by atoms with Crippen molar-refractivity contribution in [2.75, 3.05) is 13.2 Å². The van der Waals surface area contributed by atoms with E-state index in [4.69, 9.17) is 14.2 Å². The first-order valence-corrected chi connectivity index (χ1v) is 37.7. The second kappa shape index (κ2) is 66.3. The summed E-state index contributed by atoms with van der Waals surface area (Å²) in [4.78, 5) is 26.7. The Bertz CT molecular complexity index is 1900. The van der Waals surface area contributed by atoms with Crippen LogP contribution in [0.1, 0.15) is 323 Å². The molecule has 1 aliphatic heterocycles. The van der Waals surface area contributed by atoms with E-state index in [2.05, 4.69) is 123 Å². The summed E-state index contributed by atoms with van der Waals surface area (Å²) in [6.07, 6.45) is 81.3. The van der Waals surface area contributed by atoms with E-state index in [1.54, 1.807) is 6.08 Å². The van der Waals surface area contributed by atoms with E-state index in [1.807, 2.05) is 6.08 Å². The average Bonchev–Trinajstić information content (AvgIpc) is 1.02. The molecule has 0 aromatic heterocycles. The molecule has 0 aromatic rings. The average molecular weight is 1270 g/mol. The highest BCUT2D eigenvalue weighted by Crippen LogP contribution is 2.26. The lowest BCUT2D eigenvalue weighted by atomic mass is 9.99. The highest BCUT2D eigenvalue weighted by atomic mass is 16.7. The van der Waals surface area contributed by atoms with Crippen LogP contribution in [0.4, 0.5) is 0 Å². The molecule has 0 radical (unpaired) electrons. The monoisotopic (exact) mass is 1270 g/mol. The van der Waals surface area contributed by atoms with E-state index in [0.717, 1.165) is 109 Å². The number of nitrogens with one attached hydrogen (secondary N) is 1. The number of aliphatic hydroxyl groups excluding tert-OH is 5. The van der Waals surface area contributed by atoms with Crippen molar-refractivity contribution in [2.45, 2.75) is 372 Å². The molecular formula is C80H139NO10. The van der Waals surface area contributed by atoms with Crippen molar-refractivity contribution in [3.05, 3.63) is 109 Å². The normalized spacial score (nSPS) is 18.6. The molecule has 1 amide bonds. The molecule has 1 saturated heterocycles. The van der Waals surface area contributed by atoms with Crippen molar-refractivity contribution >= 4 is 11.9 Å². The first kappa shape index (κ1) is 85.3. The van der Waals surface area contributed by atoms with E-state index in [9.17, 15) is 35.1 Å². The Morgan fingerprint density at radius 3 is 1.21 bits per heavy atom. The van der Waals surface area contributed by atoms with Crippen molar-refractivity contribution in [3.8, 4) is 0 Å². The number of rotatable bonds is 64. The Morgan fingerprint density at radius 2 is 0.791 bits per heavy atom. The highest BCUT2D eigenvalue weighted by Gasteiger charge is 2.47. The van der Waals surface area contributed by atoms with Gasteiger partial charge < -0.3 is 45.1 Å². The molecule has 1 heterocycles. The number of carbonyl (C=O) groups excluding carboxylic acids is 2. The van der Waals surface area contributed by atoms with Crippen LogP contribution in [0.3, 0.4) is 0 Å². The lowest BCUT2D eigenvalue weighted by Crippen LogP contribution is -2.61. The number of allylic oxidation sites excluding steroid dienone is 17. The number of unbranched alkanes of at least 4 members (excludes halogenated alkanes) is 34. The minimum Gasteiger partial charge on any atom is -0.454 e. The first-order chi connectivity index (χ1) is 44.7. The maximum atomic E-state index is 13.5. The van der Waals surface area contributed by atoms with Crippen molar-refractivity contribution < 1.29 is 49.3 Å². The molecule has 0 aromatic carbocycles. The molecule has 6 N–H and O–H groups in total. The first-order valence-electron chi connectivity index (χ1n) is 37.7. The number of esters is 1. The number of amides is 1. The maximum Gasteiger partial charge on any atom is 0.306 e. The summed E-state index contributed by atoms with van der Waals surface area (Å²) in [5, 5.41) is 57.3. The lowest BCUT2D eigenvalue weighted by molar-refractivity contribution is -0.305. The number of hydrogen-bond donors (Lipinski definition) is 6. The van der Waals surface area contributed by atoms with E-state index in [0.29, 0.717) is 12.8 Å². The van der Waals surface area contributed by atoms with Gasteiger partial charge in [-0.2, -0.15) is 0 Å². The van der Waals surface area contributed by atoms with Gasteiger partial charge in [-0.25, -0.2) is 0 Å². The van der Waals surface area contributed by atoms with E-state index < -0.39 is 67.4 Å². The predicted molar refractivity (Wildman–Crippen MR) is 384 cm³/mol.